The van der Waals surface area contributed by atoms with Crippen LogP contribution in [0.4, 0.5) is 0 Å². The highest BCUT2D eigenvalue weighted by Gasteiger charge is 2.04. The Morgan fingerprint density at radius 1 is 1.20 bits per heavy atom. The average Bonchev–Trinajstić information content (AvgIpc) is 3.12. The van der Waals surface area contributed by atoms with Gasteiger partial charge in [-0.2, -0.15) is 0 Å². The molecule has 3 aromatic rings. The van der Waals surface area contributed by atoms with E-state index < -0.39 is 0 Å². The summed E-state index contributed by atoms with van der Waals surface area (Å²) >= 11 is 0. The Morgan fingerprint density at radius 3 is 2.92 bits per heavy atom. The predicted octanol–water partition coefficient (Wildman–Crippen LogP) is 1.75. The van der Waals surface area contributed by atoms with E-state index >= 15 is 0 Å². The van der Waals surface area contributed by atoms with Crippen LogP contribution >= 0.6 is 0 Å². The van der Waals surface area contributed by atoms with Crippen molar-refractivity contribution in [3.05, 3.63) is 54.2 Å². The molecule has 7 nitrogen and oxygen atoms in total. The van der Waals surface area contributed by atoms with Crippen molar-refractivity contribution in [3.8, 4) is 0 Å². The van der Waals surface area contributed by atoms with Crippen molar-refractivity contribution in [1.29, 1.82) is 0 Å². The number of fused-ring (bicyclic) bond motifs is 1. The maximum Gasteiger partial charge on any atom is 0.191 e. The molecular weight excluding hydrogens is 314 g/mol. The summed E-state index contributed by atoms with van der Waals surface area (Å²) in [4.78, 5) is 8.76. The number of rotatable bonds is 6. The molecule has 0 spiro atoms. The van der Waals surface area contributed by atoms with E-state index in [0.717, 1.165) is 47.8 Å². The quantitative estimate of drug-likeness (QED) is 0.529. The Kier molecular flexibility index (Phi) is 5.56. The van der Waals surface area contributed by atoms with E-state index in [2.05, 4.69) is 66.6 Å². The van der Waals surface area contributed by atoms with Crippen molar-refractivity contribution in [2.75, 3.05) is 13.6 Å². The average molecular weight is 337 g/mol. The van der Waals surface area contributed by atoms with Gasteiger partial charge in [0.2, 0.25) is 0 Å². The monoisotopic (exact) mass is 337 g/mol. The van der Waals surface area contributed by atoms with Crippen LogP contribution in [0.5, 0.6) is 0 Å². The molecule has 2 heterocycles. The van der Waals surface area contributed by atoms with Gasteiger partial charge in [-0.15, -0.1) is 10.2 Å². The normalized spacial score (nSPS) is 11.7. The van der Waals surface area contributed by atoms with Crippen LogP contribution in [0.15, 0.2) is 47.8 Å². The van der Waals surface area contributed by atoms with Gasteiger partial charge in [0.15, 0.2) is 5.96 Å². The summed E-state index contributed by atoms with van der Waals surface area (Å²) in [7, 11) is 1.77. The van der Waals surface area contributed by atoms with Gasteiger partial charge in [-0.25, -0.2) is 0 Å². The third kappa shape index (κ3) is 4.12. The summed E-state index contributed by atoms with van der Waals surface area (Å²) in [6.45, 7) is 4.29. The molecule has 0 fully saturated rings. The van der Waals surface area contributed by atoms with Crippen LogP contribution in [0.2, 0.25) is 0 Å². The number of nitrogens with one attached hydrogen (secondary N) is 2. The maximum absolute atomic E-state index is 4.48. The SMILES string of the molecule is CCc1nncn1CCNC(=NC)NCc1cccc2cccnc12. The van der Waals surface area contributed by atoms with Gasteiger partial charge in [0.1, 0.15) is 12.2 Å². The number of para-hydroxylation sites is 1. The first-order chi connectivity index (χ1) is 12.3. The zero-order valence-electron chi connectivity index (χ0n) is 14.6. The van der Waals surface area contributed by atoms with E-state index in [1.54, 1.807) is 13.4 Å². The minimum atomic E-state index is 0.668. The standard InChI is InChI=1S/C18H23N7/c1-3-16-24-23-13-25(16)11-10-21-18(19-2)22-12-15-7-4-6-14-8-5-9-20-17(14)15/h4-9,13H,3,10-12H2,1-2H3,(H2,19,21,22). The highest BCUT2D eigenvalue weighted by atomic mass is 15.3. The molecule has 2 N–H and O–H groups in total. The fourth-order valence-corrected chi connectivity index (χ4v) is 2.74. The van der Waals surface area contributed by atoms with Crippen molar-refractivity contribution < 1.29 is 0 Å². The maximum atomic E-state index is 4.48. The van der Waals surface area contributed by atoms with Gasteiger partial charge in [-0.3, -0.25) is 9.98 Å². The summed E-state index contributed by atoms with van der Waals surface area (Å²) in [5, 5.41) is 15.8. The Bertz CT molecular complexity index is 848. The van der Waals surface area contributed by atoms with E-state index in [0.29, 0.717) is 6.54 Å². The van der Waals surface area contributed by atoms with Gasteiger partial charge in [-0.1, -0.05) is 31.2 Å². The van der Waals surface area contributed by atoms with Crippen molar-refractivity contribution in [2.45, 2.75) is 26.4 Å². The number of pyridine rings is 1. The molecule has 25 heavy (non-hydrogen) atoms. The molecule has 2 aromatic heterocycles. The highest BCUT2D eigenvalue weighted by Crippen LogP contribution is 2.15. The van der Waals surface area contributed by atoms with Crippen LogP contribution in [-0.2, 0) is 19.5 Å². The second kappa shape index (κ2) is 8.23. The Morgan fingerprint density at radius 2 is 2.08 bits per heavy atom. The number of aromatic nitrogens is 4. The van der Waals surface area contributed by atoms with E-state index in [1.807, 2.05) is 12.3 Å². The molecule has 0 unspecified atom stereocenters. The number of aliphatic imine (C=N–C) groups is 1. The number of guanidine groups is 1. The van der Waals surface area contributed by atoms with Gasteiger partial charge in [0, 0.05) is 44.7 Å². The molecule has 0 radical (unpaired) electrons. The van der Waals surface area contributed by atoms with E-state index in [9.17, 15) is 0 Å². The van der Waals surface area contributed by atoms with Gasteiger partial charge >= 0.3 is 0 Å². The van der Waals surface area contributed by atoms with E-state index in [1.165, 1.54) is 0 Å². The van der Waals surface area contributed by atoms with Crippen molar-refractivity contribution in [3.63, 3.8) is 0 Å². The lowest BCUT2D eigenvalue weighted by atomic mass is 10.1. The molecule has 1 aromatic carbocycles. The molecule has 0 saturated heterocycles. The Labute approximate surface area is 147 Å². The van der Waals surface area contributed by atoms with E-state index in [4.69, 9.17) is 0 Å². The number of hydrogen-bond donors (Lipinski definition) is 2. The molecule has 7 heteroatoms. The van der Waals surface area contributed by atoms with Crippen LogP contribution in [0.25, 0.3) is 10.9 Å². The molecule has 0 atom stereocenters. The molecule has 3 rings (SSSR count). The highest BCUT2D eigenvalue weighted by molar-refractivity contribution is 5.83. The van der Waals surface area contributed by atoms with Gasteiger partial charge in [-0.05, 0) is 11.6 Å². The zero-order chi connectivity index (χ0) is 17.5. The van der Waals surface area contributed by atoms with Crippen LogP contribution in [0.3, 0.4) is 0 Å². The molecule has 0 aliphatic rings. The van der Waals surface area contributed by atoms with Crippen LogP contribution in [0.1, 0.15) is 18.3 Å². The number of aryl methyl sites for hydroxylation is 1. The number of benzene rings is 1. The summed E-state index contributed by atoms with van der Waals surface area (Å²) in [5.41, 5.74) is 2.16. The fraction of sp³-hybridized carbons (Fsp3) is 0.333. The van der Waals surface area contributed by atoms with Crippen molar-refractivity contribution in [1.82, 2.24) is 30.4 Å². The largest absolute Gasteiger partial charge is 0.355 e. The summed E-state index contributed by atoms with van der Waals surface area (Å²) in [5.74, 6) is 1.76. The molecule has 130 valence electrons. The van der Waals surface area contributed by atoms with Gasteiger partial charge < -0.3 is 15.2 Å². The first-order valence-corrected chi connectivity index (χ1v) is 8.45. The van der Waals surface area contributed by atoms with Gasteiger partial charge in [0.25, 0.3) is 0 Å². The summed E-state index contributed by atoms with van der Waals surface area (Å²) in [6.07, 6.45) is 4.46. The first kappa shape index (κ1) is 16.9. The predicted molar refractivity (Wildman–Crippen MR) is 99.3 cm³/mol. The lowest BCUT2D eigenvalue weighted by molar-refractivity contribution is 0.632. The Hall–Kier alpha value is -2.96. The molecule has 0 saturated carbocycles. The number of nitrogens with zero attached hydrogens (tertiary/aromatic N) is 5. The summed E-state index contributed by atoms with van der Waals surface area (Å²) in [6, 6.07) is 10.2. The third-order valence-corrected chi connectivity index (χ3v) is 4.04. The minimum absolute atomic E-state index is 0.668. The van der Waals surface area contributed by atoms with Crippen LogP contribution in [0, 0.1) is 0 Å². The second-order valence-corrected chi connectivity index (χ2v) is 5.64. The fourth-order valence-electron chi connectivity index (χ4n) is 2.74. The molecule has 0 bridgehead atoms. The zero-order valence-corrected chi connectivity index (χ0v) is 14.6. The molecule has 0 amide bonds. The lowest BCUT2D eigenvalue weighted by Gasteiger charge is -2.13. The second-order valence-electron chi connectivity index (χ2n) is 5.64. The number of hydrogen-bond acceptors (Lipinski definition) is 4. The molecular formula is C18H23N7. The van der Waals surface area contributed by atoms with Crippen molar-refractivity contribution in [2.24, 2.45) is 4.99 Å². The van der Waals surface area contributed by atoms with E-state index in [-0.39, 0.29) is 0 Å². The Balaban J connectivity index is 1.56. The topological polar surface area (TPSA) is 80.0 Å². The minimum Gasteiger partial charge on any atom is -0.355 e. The van der Waals surface area contributed by atoms with Gasteiger partial charge in [0.05, 0.1) is 5.52 Å². The van der Waals surface area contributed by atoms with Crippen LogP contribution < -0.4 is 10.6 Å². The first-order valence-electron chi connectivity index (χ1n) is 8.45. The molecule has 0 aliphatic carbocycles. The van der Waals surface area contributed by atoms with Crippen LogP contribution in [-0.4, -0.2) is 39.3 Å². The lowest BCUT2D eigenvalue weighted by Crippen LogP contribution is -2.38. The third-order valence-electron chi connectivity index (χ3n) is 4.04. The van der Waals surface area contributed by atoms with Crippen molar-refractivity contribution >= 4 is 16.9 Å². The summed E-state index contributed by atoms with van der Waals surface area (Å²) < 4.78 is 2.05. The molecule has 0 aliphatic heterocycles. The smallest absolute Gasteiger partial charge is 0.191 e.